The molecule has 5 rings (SSSR count). The van der Waals surface area contributed by atoms with Crippen molar-refractivity contribution < 1.29 is 25.8 Å². The third kappa shape index (κ3) is 4.93. The van der Waals surface area contributed by atoms with E-state index in [-0.39, 0.29) is 25.8 Å². The van der Waals surface area contributed by atoms with E-state index >= 15 is 0 Å². The van der Waals surface area contributed by atoms with E-state index < -0.39 is 0 Å². The van der Waals surface area contributed by atoms with Crippen molar-refractivity contribution in [2.75, 3.05) is 0 Å². The molecule has 0 saturated carbocycles. The zero-order valence-corrected chi connectivity index (χ0v) is 24.2. The number of hydrogen-bond acceptors (Lipinski definition) is 0. The van der Waals surface area contributed by atoms with E-state index in [0.29, 0.717) is 5.92 Å². The van der Waals surface area contributed by atoms with Gasteiger partial charge >= 0.3 is 0 Å². The molecule has 0 N–H and O–H groups in total. The molecule has 1 atom stereocenters. The van der Waals surface area contributed by atoms with Gasteiger partial charge in [0.25, 0.3) is 0 Å². The molecule has 0 fully saturated rings. The van der Waals surface area contributed by atoms with Crippen molar-refractivity contribution in [3.63, 3.8) is 0 Å². The fourth-order valence-corrected chi connectivity index (χ4v) is 5.15. The van der Waals surface area contributed by atoms with Gasteiger partial charge in [0.2, 0.25) is 0 Å². The maximum Gasteiger partial charge on any atom is 0 e. The maximum atomic E-state index is 2.46. The van der Waals surface area contributed by atoms with E-state index in [9.17, 15) is 0 Å². The van der Waals surface area contributed by atoms with Gasteiger partial charge in [-0.05, 0) is 30.7 Å². The summed E-state index contributed by atoms with van der Waals surface area (Å²) in [6.07, 6.45) is 5.00. The van der Waals surface area contributed by atoms with Crippen LogP contribution >= 0.6 is 0 Å². The van der Waals surface area contributed by atoms with Crippen LogP contribution in [0, 0.1) is 34.6 Å². The SMILES string of the molecule is CC(C[c-]1ccc2cc3c(cc21)CCC3)c1ccccc1.Cc1c(C)c(C)[c-](C)c1C.[Hf]. The van der Waals surface area contributed by atoms with Crippen LogP contribution in [0.3, 0.4) is 0 Å². The zero-order valence-electron chi connectivity index (χ0n) is 20.6. The number of aryl methyl sites for hydroxylation is 2. The third-order valence-corrected chi connectivity index (χ3v) is 7.78. The van der Waals surface area contributed by atoms with Crippen LogP contribution in [0.15, 0.2) is 54.6 Å². The predicted octanol–water partition coefficient (Wildman–Crippen LogP) is 8.34. The van der Waals surface area contributed by atoms with Crippen molar-refractivity contribution in [1.29, 1.82) is 0 Å². The molecule has 0 amide bonds. The van der Waals surface area contributed by atoms with E-state index in [4.69, 9.17) is 0 Å². The summed E-state index contributed by atoms with van der Waals surface area (Å²) in [5.41, 5.74) is 13.5. The average molecular weight is 587 g/mol. The van der Waals surface area contributed by atoms with Gasteiger partial charge in [-0.2, -0.15) is 33.9 Å². The van der Waals surface area contributed by atoms with E-state index in [1.807, 2.05) is 0 Å². The van der Waals surface area contributed by atoms with E-state index in [0.717, 1.165) is 6.42 Å². The summed E-state index contributed by atoms with van der Waals surface area (Å²) < 4.78 is 0. The topological polar surface area (TPSA) is 0 Å². The van der Waals surface area contributed by atoms with Gasteiger partial charge < -0.3 is 0 Å². The number of fused-ring (bicyclic) bond motifs is 2. The zero-order chi connectivity index (χ0) is 22.1. The van der Waals surface area contributed by atoms with Crippen molar-refractivity contribution in [2.45, 2.75) is 73.1 Å². The summed E-state index contributed by atoms with van der Waals surface area (Å²) >= 11 is 0. The Balaban J connectivity index is 0.000000224. The van der Waals surface area contributed by atoms with Crippen molar-refractivity contribution in [3.05, 3.63) is 105 Å². The van der Waals surface area contributed by atoms with Crippen LogP contribution < -0.4 is 0 Å². The Kier molecular flexibility index (Phi) is 8.15. The van der Waals surface area contributed by atoms with Crippen LogP contribution in [0.4, 0.5) is 0 Å². The maximum absolute atomic E-state index is 2.46. The first-order valence-electron chi connectivity index (χ1n) is 11.8. The molecule has 1 heteroatoms. The van der Waals surface area contributed by atoms with Gasteiger partial charge in [0.05, 0.1) is 0 Å². The largest absolute Gasteiger partial charge is 0.196 e. The van der Waals surface area contributed by atoms with Crippen LogP contribution in [0.5, 0.6) is 0 Å². The van der Waals surface area contributed by atoms with Gasteiger partial charge in [0.15, 0.2) is 0 Å². The minimum Gasteiger partial charge on any atom is -0.196 e. The molecule has 0 bridgehead atoms. The third-order valence-electron chi connectivity index (χ3n) is 7.78. The van der Waals surface area contributed by atoms with E-state index in [1.165, 1.54) is 69.0 Å². The smallest absolute Gasteiger partial charge is 0 e. The first-order chi connectivity index (χ1) is 14.9. The van der Waals surface area contributed by atoms with Crippen LogP contribution in [-0.2, 0) is 45.1 Å². The second-order valence-electron chi connectivity index (χ2n) is 9.56. The van der Waals surface area contributed by atoms with Gasteiger partial charge in [-0.25, -0.2) is 0 Å². The molecule has 0 radical (unpaired) electrons. The Labute approximate surface area is 213 Å². The van der Waals surface area contributed by atoms with Crippen LogP contribution in [0.25, 0.3) is 10.8 Å². The number of rotatable bonds is 3. The van der Waals surface area contributed by atoms with Gasteiger partial charge in [-0.15, -0.1) is 34.5 Å². The van der Waals surface area contributed by atoms with Crippen LogP contribution in [-0.4, -0.2) is 0 Å². The quantitative estimate of drug-likeness (QED) is 0.167. The molecule has 166 valence electrons. The first-order valence-corrected chi connectivity index (χ1v) is 11.8. The summed E-state index contributed by atoms with van der Waals surface area (Å²) in [7, 11) is 0. The second-order valence-corrected chi connectivity index (χ2v) is 9.56. The normalized spacial score (nSPS) is 13.3. The fraction of sp³-hybridized carbons (Fsp3) is 0.355. The summed E-state index contributed by atoms with van der Waals surface area (Å²) in [5.74, 6) is 0.574. The molecule has 0 nitrogen and oxygen atoms in total. The molecule has 0 aromatic heterocycles. The number of hydrogen-bond donors (Lipinski definition) is 0. The first kappa shape index (κ1) is 24.9. The molecule has 1 unspecified atom stereocenters. The van der Waals surface area contributed by atoms with Crippen molar-refractivity contribution >= 4 is 10.8 Å². The Bertz CT molecular complexity index is 1110. The van der Waals surface area contributed by atoms with Crippen molar-refractivity contribution in [2.24, 2.45) is 0 Å². The summed E-state index contributed by atoms with van der Waals surface area (Å²) in [5, 5.41) is 2.92. The summed E-state index contributed by atoms with van der Waals surface area (Å²) in [4.78, 5) is 0. The molecule has 1 aliphatic carbocycles. The molecular formula is C31H36Hf-2. The Morgan fingerprint density at radius 3 is 2.00 bits per heavy atom. The average Bonchev–Trinajstić information content (AvgIpc) is 3.45. The molecule has 0 heterocycles. The van der Waals surface area contributed by atoms with Crippen molar-refractivity contribution in [1.82, 2.24) is 0 Å². The molecule has 0 aliphatic heterocycles. The summed E-state index contributed by atoms with van der Waals surface area (Å²) in [6.45, 7) is 13.3. The standard InChI is InChI=1S/C21H21.C10H15.Hf/c1-15(16-6-3-2-4-7-16)12-19-10-11-20-13-17-8-5-9-18(17)14-21(19)20;1-6-7(2)9(4)10(5)8(6)3;/h2-4,6-7,10-11,13-15H,5,8-9,12H2,1H3;1-5H3;/q2*-1;. The van der Waals surface area contributed by atoms with E-state index in [2.05, 4.69) is 96.1 Å². The fourth-order valence-electron chi connectivity index (χ4n) is 5.15. The van der Waals surface area contributed by atoms with Gasteiger partial charge in [-0.1, -0.05) is 89.4 Å². The minimum absolute atomic E-state index is 0. The monoisotopic (exact) mass is 588 g/mol. The van der Waals surface area contributed by atoms with Gasteiger partial charge in [0, 0.05) is 25.8 Å². The van der Waals surface area contributed by atoms with Crippen LogP contribution in [0.1, 0.15) is 69.3 Å². The van der Waals surface area contributed by atoms with Crippen LogP contribution in [0.2, 0.25) is 0 Å². The van der Waals surface area contributed by atoms with Gasteiger partial charge in [-0.3, -0.25) is 0 Å². The van der Waals surface area contributed by atoms with E-state index in [1.54, 1.807) is 11.1 Å². The predicted molar refractivity (Wildman–Crippen MR) is 136 cm³/mol. The Hall–Kier alpha value is -1.73. The Morgan fingerprint density at radius 1 is 0.844 bits per heavy atom. The number of benzene rings is 2. The molecule has 1 aliphatic rings. The molecule has 4 aromatic carbocycles. The molecule has 0 saturated heterocycles. The molecule has 0 spiro atoms. The molecule has 4 aromatic rings. The van der Waals surface area contributed by atoms with Gasteiger partial charge in [0.1, 0.15) is 0 Å². The minimum atomic E-state index is 0. The second kappa shape index (κ2) is 10.5. The van der Waals surface area contributed by atoms with Crippen molar-refractivity contribution in [3.8, 4) is 0 Å². The molecular weight excluding hydrogens is 551 g/mol. The molecule has 32 heavy (non-hydrogen) atoms. The summed E-state index contributed by atoms with van der Waals surface area (Å²) in [6, 6.07) is 20.4. The Morgan fingerprint density at radius 2 is 1.44 bits per heavy atom.